The van der Waals surface area contributed by atoms with Gasteiger partial charge in [0.15, 0.2) is 0 Å². The van der Waals surface area contributed by atoms with E-state index in [1.807, 2.05) is 30.9 Å². The van der Waals surface area contributed by atoms with Gasteiger partial charge in [0.2, 0.25) is 0 Å². The molecule has 94 valence electrons. The molecule has 0 saturated heterocycles. The maximum atomic E-state index is 5.42. The molecule has 0 aromatic heterocycles. The van der Waals surface area contributed by atoms with Gasteiger partial charge >= 0.3 is 0 Å². The highest BCUT2D eigenvalue weighted by Crippen LogP contribution is 2.53. The zero-order valence-electron chi connectivity index (χ0n) is 10.6. The molecule has 4 heteroatoms. The summed E-state index contributed by atoms with van der Waals surface area (Å²) >= 11 is 1.91. The van der Waals surface area contributed by atoms with Gasteiger partial charge in [-0.3, -0.25) is 0 Å². The minimum absolute atomic E-state index is 0.372. The molecule has 1 fully saturated rings. The van der Waals surface area contributed by atoms with E-state index in [1.165, 1.54) is 17.7 Å². The molecule has 1 aliphatic carbocycles. The molecule has 0 bridgehead atoms. The van der Waals surface area contributed by atoms with Crippen LogP contribution in [0.15, 0.2) is 23.1 Å². The monoisotopic (exact) mass is 253 g/mol. The number of hydrogen-bond donors (Lipinski definition) is 1. The minimum Gasteiger partial charge on any atom is -0.497 e. The highest BCUT2D eigenvalue weighted by Gasteiger charge is 2.43. The normalized spacial score (nSPS) is 16.6. The summed E-state index contributed by atoms with van der Waals surface area (Å²) in [5, 5.41) is 3.26. The third-order valence-corrected chi connectivity index (χ3v) is 4.55. The van der Waals surface area contributed by atoms with E-state index in [9.17, 15) is 0 Å². The van der Waals surface area contributed by atoms with E-state index >= 15 is 0 Å². The van der Waals surface area contributed by atoms with E-state index in [-0.39, 0.29) is 0 Å². The Hall–Kier alpha value is -0.870. The number of hydrogen-bond acceptors (Lipinski definition) is 4. The molecule has 0 amide bonds. The van der Waals surface area contributed by atoms with Gasteiger partial charge in [0.1, 0.15) is 11.5 Å². The first-order valence-electron chi connectivity index (χ1n) is 5.79. The molecule has 1 N–H and O–H groups in total. The van der Waals surface area contributed by atoms with Crippen LogP contribution in [0.25, 0.3) is 0 Å². The van der Waals surface area contributed by atoms with Crippen molar-refractivity contribution in [1.82, 2.24) is 5.32 Å². The predicted octanol–water partition coefficient (Wildman–Crippen LogP) is 2.55. The highest BCUT2D eigenvalue weighted by molar-refractivity contribution is 8.01. The second-order valence-electron chi connectivity index (χ2n) is 4.33. The summed E-state index contributed by atoms with van der Waals surface area (Å²) in [4.78, 5) is 1.20. The van der Waals surface area contributed by atoms with Gasteiger partial charge in [-0.2, -0.15) is 0 Å². The molecule has 17 heavy (non-hydrogen) atoms. The van der Waals surface area contributed by atoms with E-state index in [2.05, 4.69) is 11.4 Å². The van der Waals surface area contributed by atoms with Crippen molar-refractivity contribution in [3.63, 3.8) is 0 Å². The lowest BCUT2D eigenvalue weighted by atomic mass is 10.3. The van der Waals surface area contributed by atoms with Crippen LogP contribution in [-0.2, 0) is 0 Å². The standard InChI is InChI=1S/C13H19NO2S/c1-14-9-13(6-7-13)17-12-5-4-10(15-2)8-11(12)16-3/h4-5,8,14H,6-7,9H2,1-3H3. The van der Waals surface area contributed by atoms with Crippen LogP contribution in [0.4, 0.5) is 0 Å². The van der Waals surface area contributed by atoms with Crippen molar-refractivity contribution in [3.8, 4) is 11.5 Å². The Morgan fingerprint density at radius 2 is 2.06 bits per heavy atom. The lowest BCUT2D eigenvalue weighted by molar-refractivity contribution is 0.387. The van der Waals surface area contributed by atoms with Crippen LogP contribution in [0, 0.1) is 0 Å². The first kappa shape index (κ1) is 12.6. The summed E-state index contributed by atoms with van der Waals surface area (Å²) < 4.78 is 11.0. The van der Waals surface area contributed by atoms with Crippen molar-refractivity contribution in [2.45, 2.75) is 22.5 Å². The Morgan fingerprint density at radius 1 is 1.29 bits per heavy atom. The fraction of sp³-hybridized carbons (Fsp3) is 0.538. The van der Waals surface area contributed by atoms with Gasteiger partial charge in [-0.1, -0.05) is 0 Å². The zero-order valence-corrected chi connectivity index (χ0v) is 11.4. The van der Waals surface area contributed by atoms with Crippen molar-refractivity contribution < 1.29 is 9.47 Å². The van der Waals surface area contributed by atoms with E-state index in [0.29, 0.717) is 4.75 Å². The van der Waals surface area contributed by atoms with Crippen LogP contribution in [-0.4, -0.2) is 32.6 Å². The van der Waals surface area contributed by atoms with Gasteiger partial charge in [-0.15, -0.1) is 11.8 Å². The van der Waals surface area contributed by atoms with Crippen LogP contribution in [0.2, 0.25) is 0 Å². The maximum Gasteiger partial charge on any atom is 0.136 e. The summed E-state index contributed by atoms with van der Waals surface area (Å²) in [5.41, 5.74) is 0. The van der Waals surface area contributed by atoms with Gasteiger partial charge < -0.3 is 14.8 Å². The number of benzene rings is 1. The Labute approximate surface area is 107 Å². The van der Waals surface area contributed by atoms with Crippen molar-refractivity contribution in [1.29, 1.82) is 0 Å². The van der Waals surface area contributed by atoms with Crippen molar-refractivity contribution in [2.24, 2.45) is 0 Å². The molecular weight excluding hydrogens is 234 g/mol. The third kappa shape index (κ3) is 2.87. The summed E-state index contributed by atoms with van der Waals surface area (Å²) in [5.74, 6) is 1.74. The Balaban J connectivity index is 2.15. The van der Waals surface area contributed by atoms with E-state index in [4.69, 9.17) is 9.47 Å². The number of thioether (sulfide) groups is 1. The molecule has 0 spiro atoms. The molecule has 0 heterocycles. The van der Waals surface area contributed by atoms with Gasteiger partial charge in [0, 0.05) is 17.4 Å². The lowest BCUT2D eigenvalue weighted by Gasteiger charge is -2.16. The second-order valence-corrected chi connectivity index (χ2v) is 5.84. The van der Waals surface area contributed by atoms with E-state index < -0.39 is 0 Å². The summed E-state index contributed by atoms with van der Waals surface area (Å²) in [7, 11) is 5.38. The first-order valence-corrected chi connectivity index (χ1v) is 6.60. The van der Waals surface area contributed by atoms with Crippen LogP contribution in [0.5, 0.6) is 11.5 Å². The Kier molecular flexibility index (Phi) is 3.84. The van der Waals surface area contributed by atoms with Crippen molar-refractivity contribution in [2.75, 3.05) is 27.8 Å². The molecule has 0 aliphatic heterocycles. The fourth-order valence-electron chi connectivity index (χ4n) is 1.87. The topological polar surface area (TPSA) is 30.5 Å². The predicted molar refractivity (Wildman–Crippen MR) is 71.3 cm³/mol. The molecule has 0 radical (unpaired) electrons. The first-order chi connectivity index (χ1) is 8.23. The van der Waals surface area contributed by atoms with Crippen molar-refractivity contribution >= 4 is 11.8 Å². The summed E-state index contributed by atoms with van der Waals surface area (Å²) in [6.45, 7) is 1.05. The van der Waals surface area contributed by atoms with Crippen LogP contribution in [0.1, 0.15) is 12.8 Å². The number of ether oxygens (including phenoxy) is 2. The second kappa shape index (κ2) is 5.19. The molecule has 2 rings (SSSR count). The third-order valence-electron chi connectivity index (χ3n) is 3.00. The largest absolute Gasteiger partial charge is 0.497 e. The molecule has 0 unspecified atom stereocenters. The van der Waals surface area contributed by atoms with Gasteiger partial charge in [-0.25, -0.2) is 0 Å². The minimum atomic E-state index is 0.372. The van der Waals surface area contributed by atoms with Gasteiger partial charge in [0.25, 0.3) is 0 Å². The fourth-order valence-corrected chi connectivity index (χ4v) is 3.24. The molecule has 3 nitrogen and oxygen atoms in total. The van der Waals surface area contributed by atoms with E-state index in [1.54, 1.807) is 14.2 Å². The highest BCUT2D eigenvalue weighted by atomic mass is 32.2. The molecule has 1 aliphatic rings. The number of rotatable bonds is 6. The molecular formula is C13H19NO2S. The van der Waals surface area contributed by atoms with Crippen molar-refractivity contribution in [3.05, 3.63) is 18.2 Å². The van der Waals surface area contributed by atoms with Crippen LogP contribution < -0.4 is 14.8 Å². The lowest BCUT2D eigenvalue weighted by Crippen LogP contribution is -2.22. The average molecular weight is 253 g/mol. The number of nitrogens with one attached hydrogen (secondary N) is 1. The Morgan fingerprint density at radius 3 is 2.59 bits per heavy atom. The Bertz CT molecular complexity index is 391. The molecule has 1 saturated carbocycles. The zero-order chi connectivity index (χ0) is 12.3. The smallest absolute Gasteiger partial charge is 0.136 e. The number of methoxy groups -OCH3 is 2. The molecule has 1 aromatic rings. The van der Waals surface area contributed by atoms with Gasteiger partial charge in [0.05, 0.1) is 19.1 Å². The van der Waals surface area contributed by atoms with E-state index in [0.717, 1.165) is 18.0 Å². The van der Waals surface area contributed by atoms with Crippen LogP contribution in [0.3, 0.4) is 0 Å². The average Bonchev–Trinajstić information content (AvgIpc) is 3.10. The SMILES string of the molecule is CNCC1(Sc2ccc(OC)cc2OC)CC1. The molecule has 0 atom stereocenters. The quantitative estimate of drug-likeness (QED) is 0.844. The van der Waals surface area contributed by atoms with Crippen LogP contribution >= 0.6 is 11.8 Å². The maximum absolute atomic E-state index is 5.42. The summed E-state index contributed by atoms with van der Waals surface area (Å²) in [6.07, 6.45) is 2.54. The molecule has 1 aromatic carbocycles. The van der Waals surface area contributed by atoms with Gasteiger partial charge in [-0.05, 0) is 32.0 Å². The summed E-state index contributed by atoms with van der Waals surface area (Å²) in [6, 6.07) is 6.01.